The highest BCUT2D eigenvalue weighted by Gasteiger charge is 2.19. The Morgan fingerprint density at radius 2 is 1.70 bits per heavy atom. The van der Waals surface area contributed by atoms with Gasteiger partial charge < -0.3 is 19.5 Å². The molecule has 9 heteroatoms. The van der Waals surface area contributed by atoms with Crippen molar-refractivity contribution in [2.75, 3.05) is 13.2 Å². The van der Waals surface area contributed by atoms with Gasteiger partial charge in [-0.1, -0.05) is 53.0 Å². The molecule has 0 aliphatic heterocycles. The number of rotatable bonds is 7. The first-order valence-electron chi connectivity index (χ1n) is 7.85. The second kappa shape index (κ2) is 10.3. The van der Waals surface area contributed by atoms with Crippen LogP contribution in [0.1, 0.15) is 6.92 Å². The van der Waals surface area contributed by atoms with Gasteiger partial charge in [0.2, 0.25) is 0 Å². The molecule has 0 heterocycles. The Kier molecular flexibility index (Phi) is 8.03. The molecular formula is C18H16Cl3NO5. The predicted molar refractivity (Wildman–Crippen MR) is 103 cm³/mol. The zero-order chi connectivity index (χ0) is 19.8. The topological polar surface area (TPSA) is 73.9 Å². The molecule has 0 spiro atoms. The van der Waals surface area contributed by atoms with Crippen LogP contribution in [-0.2, 0) is 9.53 Å². The van der Waals surface area contributed by atoms with E-state index in [2.05, 4.69) is 5.32 Å². The Labute approximate surface area is 171 Å². The molecule has 1 unspecified atom stereocenters. The van der Waals surface area contributed by atoms with Crippen LogP contribution in [0.4, 0.5) is 4.79 Å². The third-order valence-corrected chi connectivity index (χ3v) is 4.20. The van der Waals surface area contributed by atoms with Gasteiger partial charge in [-0.05, 0) is 25.1 Å². The molecule has 0 saturated carbocycles. The molecule has 0 aliphatic rings. The number of para-hydroxylation sites is 1. The smallest absolute Gasteiger partial charge is 0.412 e. The summed E-state index contributed by atoms with van der Waals surface area (Å²) in [7, 11) is 0. The highest BCUT2D eigenvalue weighted by molar-refractivity contribution is 6.43. The molecule has 1 amide bonds. The van der Waals surface area contributed by atoms with Crippen molar-refractivity contribution < 1.29 is 23.8 Å². The number of esters is 1. The van der Waals surface area contributed by atoms with E-state index in [1.165, 1.54) is 19.1 Å². The summed E-state index contributed by atoms with van der Waals surface area (Å²) < 4.78 is 15.5. The third-order valence-electron chi connectivity index (χ3n) is 3.18. The molecule has 144 valence electrons. The molecule has 0 fully saturated rings. The van der Waals surface area contributed by atoms with Crippen LogP contribution in [0.25, 0.3) is 0 Å². The second-order valence-electron chi connectivity index (χ2n) is 5.25. The summed E-state index contributed by atoms with van der Waals surface area (Å²) in [6, 6.07) is 11.4. The van der Waals surface area contributed by atoms with Crippen LogP contribution >= 0.6 is 34.8 Å². The van der Waals surface area contributed by atoms with Crippen LogP contribution < -0.4 is 14.8 Å². The van der Waals surface area contributed by atoms with Gasteiger partial charge in [-0.25, -0.2) is 9.59 Å². The molecule has 27 heavy (non-hydrogen) atoms. The minimum absolute atomic E-state index is 0.0501. The maximum Gasteiger partial charge on any atom is 0.412 e. The van der Waals surface area contributed by atoms with E-state index in [9.17, 15) is 9.59 Å². The Balaban J connectivity index is 1.72. The number of hydrogen-bond donors (Lipinski definition) is 1. The Morgan fingerprint density at radius 3 is 2.41 bits per heavy atom. The number of halogens is 3. The van der Waals surface area contributed by atoms with E-state index in [4.69, 9.17) is 49.0 Å². The molecule has 2 aromatic carbocycles. The highest BCUT2D eigenvalue weighted by Crippen LogP contribution is 2.34. The summed E-state index contributed by atoms with van der Waals surface area (Å²) in [4.78, 5) is 23.5. The van der Waals surface area contributed by atoms with E-state index in [1.807, 2.05) is 0 Å². The zero-order valence-corrected chi connectivity index (χ0v) is 16.5. The summed E-state index contributed by atoms with van der Waals surface area (Å²) >= 11 is 17.7. The number of nitrogens with one attached hydrogen (secondary N) is 1. The SMILES string of the molecule is CC(Oc1cc(Cl)c(Cl)cc1Cl)C(=O)OCCNC(=O)Oc1ccccc1. The van der Waals surface area contributed by atoms with E-state index >= 15 is 0 Å². The Bertz CT molecular complexity index is 801. The lowest BCUT2D eigenvalue weighted by molar-refractivity contribution is -0.150. The first-order chi connectivity index (χ1) is 12.9. The summed E-state index contributed by atoms with van der Waals surface area (Å²) in [5.74, 6) is -0.0111. The van der Waals surface area contributed by atoms with Gasteiger partial charge in [0.1, 0.15) is 18.1 Å². The van der Waals surface area contributed by atoms with Crippen molar-refractivity contribution in [2.45, 2.75) is 13.0 Å². The van der Waals surface area contributed by atoms with Crippen LogP contribution in [0.5, 0.6) is 11.5 Å². The maximum atomic E-state index is 12.0. The summed E-state index contributed by atoms with van der Waals surface area (Å²) in [6.45, 7) is 1.53. The first kappa shape index (κ1) is 21.2. The number of carbonyl (C=O) groups excluding carboxylic acids is 2. The van der Waals surface area contributed by atoms with Gasteiger partial charge in [-0.15, -0.1) is 0 Å². The van der Waals surface area contributed by atoms with Gasteiger partial charge >= 0.3 is 12.1 Å². The van der Waals surface area contributed by atoms with Gasteiger partial charge in [0.15, 0.2) is 6.10 Å². The van der Waals surface area contributed by atoms with E-state index in [1.54, 1.807) is 30.3 Å². The molecule has 0 aliphatic carbocycles. The van der Waals surface area contributed by atoms with Gasteiger partial charge in [0.25, 0.3) is 0 Å². The normalized spacial score (nSPS) is 11.4. The van der Waals surface area contributed by atoms with Crippen LogP contribution in [0.3, 0.4) is 0 Å². The van der Waals surface area contributed by atoms with Crippen LogP contribution in [-0.4, -0.2) is 31.3 Å². The largest absolute Gasteiger partial charge is 0.477 e. The summed E-state index contributed by atoms with van der Waals surface area (Å²) in [5.41, 5.74) is 0. The lowest BCUT2D eigenvalue weighted by atomic mass is 10.3. The number of benzene rings is 2. The number of hydrogen-bond acceptors (Lipinski definition) is 5. The second-order valence-corrected chi connectivity index (χ2v) is 6.48. The Morgan fingerprint density at radius 1 is 1.04 bits per heavy atom. The van der Waals surface area contributed by atoms with Gasteiger partial charge in [0, 0.05) is 6.07 Å². The van der Waals surface area contributed by atoms with E-state index < -0.39 is 18.2 Å². The zero-order valence-electron chi connectivity index (χ0n) is 14.2. The Hall–Kier alpha value is -2.15. The molecular weight excluding hydrogens is 417 g/mol. The van der Waals surface area contributed by atoms with E-state index in [0.29, 0.717) is 5.75 Å². The lowest BCUT2D eigenvalue weighted by Gasteiger charge is -2.15. The monoisotopic (exact) mass is 431 g/mol. The number of ether oxygens (including phenoxy) is 3. The molecule has 0 saturated heterocycles. The molecule has 1 N–H and O–H groups in total. The molecule has 0 radical (unpaired) electrons. The molecule has 2 rings (SSSR count). The van der Waals surface area contributed by atoms with Crippen molar-refractivity contribution in [1.82, 2.24) is 5.32 Å². The van der Waals surface area contributed by atoms with Crippen LogP contribution in [0.15, 0.2) is 42.5 Å². The van der Waals surface area contributed by atoms with Crippen LogP contribution in [0, 0.1) is 0 Å². The molecule has 0 bridgehead atoms. The van der Waals surface area contributed by atoms with Crippen molar-refractivity contribution >= 4 is 46.9 Å². The van der Waals surface area contributed by atoms with Crippen LogP contribution in [0.2, 0.25) is 15.1 Å². The van der Waals surface area contributed by atoms with E-state index in [-0.39, 0.29) is 34.0 Å². The maximum absolute atomic E-state index is 12.0. The minimum Gasteiger partial charge on any atom is -0.477 e. The average molecular weight is 433 g/mol. The number of amides is 1. The highest BCUT2D eigenvalue weighted by atomic mass is 35.5. The van der Waals surface area contributed by atoms with Crippen molar-refractivity contribution in [3.63, 3.8) is 0 Å². The van der Waals surface area contributed by atoms with Gasteiger partial charge in [-0.2, -0.15) is 0 Å². The van der Waals surface area contributed by atoms with Crippen molar-refractivity contribution in [3.8, 4) is 11.5 Å². The first-order valence-corrected chi connectivity index (χ1v) is 8.98. The molecule has 1 atom stereocenters. The van der Waals surface area contributed by atoms with Gasteiger partial charge in [-0.3, -0.25) is 0 Å². The van der Waals surface area contributed by atoms with E-state index in [0.717, 1.165) is 0 Å². The van der Waals surface area contributed by atoms with Crippen molar-refractivity contribution in [1.29, 1.82) is 0 Å². The van der Waals surface area contributed by atoms with Gasteiger partial charge in [0.05, 0.1) is 21.6 Å². The molecule has 6 nitrogen and oxygen atoms in total. The molecule has 0 aromatic heterocycles. The van der Waals surface area contributed by atoms with Crippen molar-refractivity contribution in [2.24, 2.45) is 0 Å². The van der Waals surface area contributed by atoms with Crippen molar-refractivity contribution in [3.05, 3.63) is 57.5 Å². The quantitative estimate of drug-likeness (QED) is 0.388. The average Bonchev–Trinajstić information content (AvgIpc) is 2.63. The third kappa shape index (κ3) is 6.82. The lowest BCUT2D eigenvalue weighted by Crippen LogP contribution is -2.33. The fourth-order valence-electron chi connectivity index (χ4n) is 1.89. The minimum atomic E-state index is -0.934. The fourth-order valence-corrected chi connectivity index (χ4v) is 2.47. The fraction of sp³-hybridized carbons (Fsp3) is 0.222. The predicted octanol–water partition coefficient (Wildman–Crippen LogP) is 4.75. The molecule has 2 aromatic rings. The number of carbonyl (C=O) groups is 2. The standard InChI is InChI=1S/C18H16Cl3NO5/c1-11(26-16-10-14(20)13(19)9-15(16)21)17(23)25-8-7-22-18(24)27-12-5-3-2-4-6-12/h2-6,9-11H,7-8H2,1H3,(H,22,24). The summed E-state index contributed by atoms with van der Waals surface area (Å²) in [5, 5.41) is 3.21. The summed E-state index contributed by atoms with van der Waals surface area (Å²) in [6.07, 6.45) is -1.58.